The van der Waals surface area contributed by atoms with Gasteiger partial charge in [0.05, 0.1) is 5.41 Å². The second kappa shape index (κ2) is 15.0. The van der Waals surface area contributed by atoms with Crippen LogP contribution in [0, 0.1) is 0 Å². The van der Waals surface area contributed by atoms with Crippen LogP contribution in [0.4, 0.5) is 17.1 Å². The van der Waals surface area contributed by atoms with E-state index in [0.29, 0.717) is 0 Å². The van der Waals surface area contributed by atoms with Gasteiger partial charge in [-0.1, -0.05) is 222 Å². The minimum atomic E-state index is -0.419. The van der Waals surface area contributed by atoms with Crippen LogP contribution >= 0.6 is 0 Å². The first-order chi connectivity index (χ1) is 33.2. The number of nitrogens with zero attached hydrogens (tertiary/aromatic N) is 1. The summed E-state index contributed by atoms with van der Waals surface area (Å²) in [5, 5.41) is 0. The lowest BCUT2D eigenvalue weighted by Crippen LogP contribution is -2.40. The van der Waals surface area contributed by atoms with Gasteiger partial charge in [0.2, 0.25) is 0 Å². The molecule has 0 aromatic heterocycles. The van der Waals surface area contributed by atoms with Gasteiger partial charge < -0.3 is 4.90 Å². The van der Waals surface area contributed by atoms with E-state index in [4.69, 9.17) is 0 Å². The largest absolute Gasteiger partial charge is 0.310 e. The molecule has 0 fully saturated rings. The highest BCUT2D eigenvalue weighted by atomic mass is 15.1. The number of fused-ring (bicyclic) bond motifs is 12. The maximum atomic E-state index is 2.49. The van der Waals surface area contributed by atoms with Crippen LogP contribution in [-0.2, 0) is 16.2 Å². The molecule has 0 bridgehead atoms. The zero-order valence-corrected chi connectivity index (χ0v) is 39.0. The summed E-state index contributed by atoms with van der Waals surface area (Å²) < 4.78 is 0. The number of hydrogen-bond acceptors (Lipinski definition) is 1. The van der Waals surface area contributed by atoms with Gasteiger partial charge in [0.15, 0.2) is 0 Å². The first-order valence-corrected chi connectivity index (χ1v) is 24.1. The molecule has 0 heterocycles. The summed E-state index contributed by atoms with van der Waals surface area (Å²) >= 11 is 0. The number of hydrogen-bond donors (Lipinski definition) is 0. The molecule has 10 aromatic carbocycles. The van der Waals surface area contributed by atoms with Crippen molar-refractivity contribution in [2.24, 2.45) is 0 Å². The molecule has 0 atom stereocenters. The molecule has 0 aliphatic heterocycles. The van der Waals surface area contributed by atoms with Crippen molar-refractivity contribution in [1.29, 1.82) is 0 Å². The zero-order chi connectivity index (χ0) is 45.8. The Hall–Kier alpha value is -8.00. The molecule has 1 heteroatoms. The Morgan fingerprint density at radius 2 is 0.632 bits per heavy atom. The third-order valence-corrected chi connectivity index (χ3v) is 15.8. The normalized spacial score (nSPS) is 14.8. The fraction of sp³-hybridized carbons (Fsp3) is 0.104. The molecule has 1 spiro atoms. The number of benzene rings is 10. The summed E-state index contributed by atoms with van der Waals surface area (Å²) in [5.41, 5.74) is 26.3. The minimum Gasteiger partial charge on any atom is -0.310 e. The Balaban J connectivity index is 0.896. The maximum absolute atomic E-state index is 2.49. The molecule has 1 nitrogen and oxygen atoms in total. The summed E-state index contributed by atoms with van der Waals surface area (Å²) in [5.74, 6) is 0. The Morgan fingerprint density at radius 1 is 0.235 bits per heavy atom. The van der Waals surface area contributed by atoms with E-state index in [0.717, 1.165) is 17.1 Å². The lowest BCUT2D eigenvalue weighted by atomic mass is 9.55. The van der Waals surface area contributed by atoms with E-state index in [-0.39, 0.29) is 10.8 Å². The molecule has 0 N–H and O–H groups in total. The highest BCUT2D eigenvalue weighted by Gasteiger charge is 2.53. The van der Waals surface area contributed by atoms with Crippen LogP contribution in [0.2, 0.25) is 0 Å². The van der Waals surface area contributed by atoms with E-state index in [9.17, 15) is 0 Å². The highest BCUT2D eigenvalue weighted by molar-refractivity contribution is 5.91. The molecule has 0 saturated carbocycles. The van der Waals surface area contributed by atoms with Crippen molar-refractivity contribution in [2.45, 2.75) is 43.9 Å². The first kappa shape index (κ1) is 40.3. The molecule has 0 saturated heterocycles. The molecule has 3 aliphatic rings. The average molecular weight is 870 g/mol. The van der Waals surface area contributed by atoms with Gasteiger partial charge in [-0.05, 0) is 143 Å². The van der Waals surface area contributed by atoms with Crippen molar-refractivity contribution in [3.8, 4) is 55.6 Å². The van der Waals surface area contributed by atoms with Crippen molar-refractivity contribution in [1.82, 2.24) is 0 Å². The van der Waals surface area contributed by atoms with E-state index in [1.807, 2.05) is 0 Å². The third-order valence-electron chi connectivity index (χ3n) is 15.8. The molecule has 13 rings (SSSR count). The Labute approximate surface area is 400 Å². The predicted molar refractivity (Wildman–Crippen MR) is 284 cm³/mol. The summed E-state index contributed by atoms with van der Waals surface area (Å²) in [7, 11) is 0. The summed E-state index contributed by atoms with van der Waals surface area (Å²) in [6.07, 6.45) is 0. The Kier molecular flexibility index (Phi) is 8.89. The Morgan fingerprint density at radius 3 is 1.29 bits per heavy atom. The SMILES string of the molecule is CC1(C)c2ccccc2-c2ccc(N(c3ccc(-c4ccccc4)cc3)c3cccc(-c4ccc(-c5ccc6c(c5)C5(c7ccccc7-6)c6ccccc6C(C)(C)c6ccccc65)cc4)c3)cc21. The monoisotopic (exact) mass is 869 g/mol. The van der Waals surface area contributed by atoms with Gasteiger partial charge in [-0.2, -0.15) is 0 Å². The summed E-state index contributed by atoms with van der Waals surface area (Å²) in [4.78, 5) is 2.42. The van der Waals surface area contributed by atoms with Crippen LogP contribution in [0.3, 0.4) is 0 Å². The van der Waals surface area contributed by atoms with Gasteiger partial charge in [-0.3, -0.25) is 0 Å². The summed E-state index contributed by atoms with van der Waals surface area (Å²) in [6, 6.07) is 88.6. The summed E-state index contributed by atoms with van der Waals surface area (Å²) in [6.45, 7) is 9.50. The molecule has 0 unspecified atom stereocenters. The van der Waals surface area contributed by atoms with E-state index in [1.54, 1.807) is 0 Å². The van der Waals surface area contributed by atoms with Gasteiger partial charge in [0, 0.05) is 27.9 Å². The fourth-order valence-corrected chi connectivity index (χ4v) is 12.4. The van der Waals surface area contributed by atoms with E-state index >= 15 is 0 Å². The number of rotatable bonds is 6. The smallest absolute Gasteiger partial charge is 0.0719 e. The molecular formula is C67H51N. The molecule has 68 heavy (non-hydrogen) atoms. The standard InChI is InChI=1S/C67H51N/c1-65(2)57-23-10-8-21-53(57)55-40-38-52(43-63(55)65)68(50-36-33-45(34-37-50)44-17-6-5-7-18-44)51-20-16-19-48(41-51)46-29-31-47(32-30-46)49-35-39-56-54-22-9-11-24-58(54)67(64(56)42-49)61-27-14-12-25-59(61)66(3,4)60-26-13-15-28-62(60)67/h5-43H,1-4H3. The van der Waals surface area contributed by atoms with Gasteiger partial charge in [0.1, 0.15) is 0 Å². The van der Waals surface area contributed by atoms with Crippen LogP contribution < -0.4 is 4.90 Å². The molecule has 0 radical (unpaired) electrons. The van der Waals surface area contributed by atoms with Gasteiger partial charge >= 0.3 is 0 Å². The minimum absolute atomic E-state index is 0.111. The van der Waals surface area contributed by atoms with Crippen molar-refractivity contribution >= 4 is 17.1 Å². The quantitative estimate of drug-likeness (QED) is 0.161. The number of anilines is 3. The van der Waals surface area contributed by atoms with Gasteiger partial charge in [-0.25, -0.2) is 0 Å². The second-order valence-electron chi connectivity index (χ2n) is 20.0. The molecule has 10 aromatic rings. The molecule has 0 amide bonds. The van der Waals surface area contributed by atoms with E-state index in [2.05, 4.69) is 269 Å². The topological polar surface area (TPSA) is 3.24 Å². The molecule has 324 valence electrons. The highest BCUT2D eigenvalue weighted by Crippen LogP contribution is 2.62. The predicted octanol–water partition coefficient (Wildman–Crippen LogP) is 17.5. The molecule has 3 aliphatic carbocycles. The zero-order valence-electron chi connectivity index (χ0n) is 39.0. The van der Waals surface area contributed by atoms with Gasteiger partial charge in [-0.15, -0.1) is 0 Å². The fourth-order valence-electron chi connectivity index (χ4n) is 12.4. The van der Waals surface area contributed by atoms with Crippen molar-refractivity contribution in [3.63, 3.8) is 0 Å². The van der Waals surface area contributed by atoms with Crippen LogP contribution in [0.1, 0.15) is 72.2 Å². The van der Waals surface area contributed by atoms with Crippen molar-refractivity contribution in [2.75, 3.05) is 4.90 Å². The van der Waals surface area contributed by atoms with Gasteiger partial charge in [0.25, 0.3) is 0 Å². The molecular weight excluding hydrogens is 819 g/mol. The van der Waals surface area contributed by atoms with Crippen molar-refractivity contribution < 1.29 is 0 Å². The van der Waals surface area contributed by atoms with E-state index in [1.165, 1.54) is 100 Å². The lowest BCUT2D eigenvalue weighted by molar-refractivity contribution is 0.563. The van der Waals surface area contributed by atoms with E-state index < -0.39 is 5.41 Å². The van der Waals surface area contributed by atoms with Crippen LogP contribution in [0.25, 0.3) is 55.6 Å². The lowest BCUT2D eigenvalue weighted by Gasteiger charge is -2.46. The van der Waals surface area contributed by atoms with Crippen molar-refractivity contribution in [3.05, 3.63) is 281 Å². The maximum Gasteiger partial charge on any atom is 0.0719 e. The third kappa shape index (κ3) is 5.82. The van der Waals surface area contributed by atoms with Crippen LogP contribution in [0.15, 0.2) is 237 Å². The second-order valence-corrected chi connectivity index (χ2v) is 20.0. The van der Waals surface area contributed by atoms with Crippen LogP contribution in [-0.4, -0.2) is 0 Å². The Bertz CT molecular complexity index is 3560. The van der Waals surface area contributed by atoms with Crippen LogP contribution in [0.5, 0.6) is 0 Å². The first-order valence-electron chi connectivity index (χ1n) is 24.1. The average Bonchev–Trinajstić information content (AvgIpc) is 3.81.